The summed E-state index contributed by atoms with van der Waals surface area (Å²) in [6.45, 7) is 0. The molecule has 0 spiro atoms. The summed E-state index contributed by atoms with van der Waals surface area (Å²) in [5, 5.41) is 3.38. The van der Waals surface area contributed by atoms with E-state index in [1.807, 2.05) is 60.8 Å². The van der Waals surface area contributed by atoms with Gasteiger partial charge in [0.05, 0.1) is 12.7 Å². The van der Waals surface area contributed by atoms with Gasteiger partial charge in [-0.3, -0.25) is 5.32 Å². The molecule has 0 fully saturated rings. The molecule has 0 amide bonds. The van der Waals surface area contributed by atoms with E-state index in [2.05, 4.69) is 33.4 Å². The van der Waals surface area contributed by atoms with Crippen LogP contribution >= 0.6 is 15.9 Å². The number of nitrogens with zero attached hydrogens (tertiary/aromatic N) is 2. The van der Waals surface area contributed by atoms with E-state index >= 15 is 0 Å². The Kier molecular flexibility index (Phi) is 4.93. The van der Waals surface area contributed by atoms with E-state index in [4.69, 9.17) is 9.40 Å². The largest absolute Gasteiger partial charge is 0.469 e. The quantitative estimate of drug-likeness (QED) is 0.440. The lowest BCUT2D eigenvalue weighted by Gasteiger charge is -2.07. The summed E-state index contributed by atoms with van der Waals surface area (Å²) in [5.74, 6) is 1.53. The molecular formula is C24H19BrN3O2+. The highest BCUT2D eigenvalue weighted by atomic mass is 79.9. The minimum Gasteiger partial charge on any atom is -0.469 e. The molecule has 1 N–H and O–H groups in total. The van der Waals surface area contributed by atoms with Crippen molar-refractivity contribution in [3.05, 3.63) is 101 Å². The van der Waals surface area contributed by atoms with Crippen molar-refractivity contribution in [3.8, 4) is 11.3 Å². The van der Waals surface area contributed by atoms with Crippen LogP contribution < -0.4 is 9.88 Å². The van der Waals surface area contributed by atoms with Crippen LogP contribution in [0.1, 0.15) is 21.8 Å². The summed E-state index contributed by atoms with van der Waals surface area (Å²) in [5.41, 5.74) is 3.72. The summed E-state index contributed by atoms with van der Waals surface area (Å²) < 4.78 is 8.16. The number of benzene rings is 2. The number of nitrogens with one attached hydrogen (secondary N) is 1. The van der Waals surface area contributed by atoms with E-state index in [9.17, 15) is 4.79 Å². The molecule has 1 aliphatic heterocycles. The van der Waals surface area contributed by atoms with Crippen LogP contribution in [0.15, 0.2) is 88.1 Å². The molecule has 4 aromatic rings. The van der Waals surface area contributed by atoms with Gasteiger partial charge in [0, 0.05) is 16.5 Å². The topological polar surface area (TPSA) is 59.0 Å². The zero-order valence-corrected chi connectivity index (χ0v) is 17.7. The lowest BCUT2D eigenvalue weighted by molar-refractivity contribution is -0.552. The first-order chi connectivity index (χ1) is 14.7. The second-order valence-corrected chi connectivity index (χ2v) is 8.20. The number of anilines is 1. The van der Waals surface area contributed by atoms with Crippen LogP contribution in [0.5, 0.6) is 0 Å². The maximum Gasteiger partial charge on any atom is 0.359 e. The Bertz CT molecular complexity index is 1190. The molecule has 1 aliphatic rings. The van der Waals surface area contributed by atoms with Crippen molar-refractivity contribution in [3.63, 3.8) is 0 Å². The number of carbonyl (C=O) groups excluding carboxylic acids is 1. The van der Waals surface area contributed by atoms with Gasteiger partial charge < -0.3 is 4.42 Å². The molecule has 2 aromatic heterocycles. The third-order valence-electron chi connectivity index (χ3n) is 5.21. The normalized spacial score (nSPS) is 15.1. The van der Waals surface area contributed by atoms with Crippen LogP contribution in [-0.2, 0) is 12.8 Å². The molecule has 0 aliphatic carbocycles. The molecule has 0 saturated carbocycles. The van der Waals surface area contributed by atoms with Crippen molar-refractivity contribution in [2.45, 2.75) is 18.9 Å². The Morgan fingerprint density at radius 1 is 1.03 bits per heavy atom. The molecule has 5 rings (SSSR count). The van der Waals surface area contributed by atoms with Gasteiger partial charge >= 0.3 is 11.7 Å². The zero-order chi connectivity index (χ0) is 20.5. The highest BCUT2D eigenvalue weighted by Crippen LogP contribution is 2.25. The fraction of sp³-hybridized carbons (Fsp3) is 0.125. The number of carbonyl (C=O) groups is 1. The zero-order valence-electron chi connectivity index (χ0n) is 16.1. The van der Waals surface area contributed by atoms with Crippen LogP contribution in [0.3, 0.4) is 0 Å². The van der Waals surface area contributed by atoms with Gasteiger partial charge in [-0.05, 0) is 29.8 Å². The van der Waals surface area contributed by atoms with Crippen molar-refractivity contribution < 1.29 is 13.8 Å². The first-order valence-electron chi connectivity index (χ1n) is 9.76. The smallest absolute Gasteiger partial charge is 0.359 e. The standard InChI is InChI=1S/C24H18BrN3O2/c25-18-10-8-17(9-11-18)22-15-28-23(20(26-22)13-16-5-2-1-3-6-16)27-21(24(28)29)14-19-7-4-12-30-19/h1-12,15,21H,13-14H2/p+1. The molecule has 30 heavy (non-hydrogen) atoms. The highest BCUT2D eigenvalue weighted by molar-refractivity contribution is 9.10. The van der Waals surface area contributed by atoms with Gasteiger partial charge in [-0.15, -0.1) is 0 Å². The van der Waals surface area contributed by atoms with Crippen molar-refractivity contribution >= 4 is 27.7 Å². The fourth-order valence-electron chi connectivity index (χ4n) is 3.71. The van der Waals surface area contributed by atoms with Crippen LogP contribution in [0.4, 0.5) is 5.82 Å². The average Bonchev–Trinajstić information content (AvgIpc) is 3.38. The Morgan fingerprint density at radius 2 is 1.83 bits per heavy atom. The first kappa shape index (κ1) is 18.8. The molecular weight excluding hydrogens is 442 g/mol. The molecule has 2 aromatic carbocycles. The Hall–Kier alpha value is -3.25. The molecule has 1 atom stereocenters. The third kappa shape index (κ3) is 3.66. The van der Waals surface area contributed by atoms with Crippen LogP contribution in [0.25, 0.3) is 11.3 Å². The van der Waals surface area contributed by atoms with E-state index in [-0.39, 0.29) is 11.9 Å². The summed E-state index contributed by atoms with van der Waals surface area (Å²) >= 11 is 3.47. The van der Waals surface area contributed by atoms with Gasteiger partial charge in [0.2, 0.25) is 6.04 Å². The van der Waals surface area contributed by atoms with E-state index in [1.165, 1.54) is 0 Å². The van der Waals surface area contributed by atoms with Crippen LogP contribution in [0, 0.1) is 0 Å². The Balaban J connectivity index is 1.56. The van der Waals surface area contributed by atoms with Crippen molar-refractivity contribution in [1.29, 1.82) is 0 Å². The van der Waals surface area contributed by atoms with Gasteiger partial charge in [-0.25, -0.2) is 9.78 Å². The number of furan rings is 1. The molecule has 1 unspecified atom stereocenters. The van der Waals surface area contributed by atoms with Gasteiger partial charge in [0.25, 0.3) is 0 Å². The highest BCUT2D eigenvalue weighted by Gasteiger charge is 2.41. The van der Waals surface area contributed by atoms with Gasteiger partial charge in [0.15, 0.2) is 0 Å². The van der Waals surface area contributed by atoms with Crippen molar-refractivity contribution in [2.75, 3.05) is 5.32 Å². The number of hydrogen-bond donors (Lipinski definition) is 1. The maximum atomic E-state index is 13.2. The molecule has 148 valence electrons. The van der Waals surface area contributed by atoms with E-state index in [1.54, 1.807) is 10.8 Å². The average molecular weight is 461 g/mol. The van der Waals surface area contributed by atoms with Gasteiger partial charge in [0.1, 0.15) is 23.3 Å². The predicted molar refractivity (Wildman–Crippen MR) is 117 cm³/mol. The molecule has 0 radical (unpaired) electrons. The van der Waals surface area contributed by atoms with Crippen molar-refractivity contribution in [2.24, 2.45) is 0 Å². The second-order valence-electron chi connectivity index (χ2n) is 7.28. The number of hydrogen-bond acceptors (Lipinski definition) is 4. The molecule has 5 nitrogen and oxygen atoms in total. The molecule has 6 heteroatoms. The lowest BCUT2D eigenvalue weighted by atomic mass is 10.1. The lowest BCUT2D eigenvalue weighted by Crippen LogP contribution is -2.44. The minimum atomic E-state index is -0.382. The summed E-state index contributed by atoms with van der Waals surface area (Å²) in [6, 6.07) is 21.5. The second kappa shape index (κ2) is 7.88. The number of aromatic nitrogens is 2. The molecule has 3 heterocycles. The fourth-order valence-corrected chi connectivity index (χ4v) is 3.98. The van der Waals surface area contributed by atoms with E-state index in [0.29, 0.717) is 12.8 Å². The van der Waals surface area contributed by atoms with Crippen LogP contribution in [-0.4, -0.2) is 16.9 Å². The molecule has 0 saturated heterocycles. The molecule has 0 bridgehead atoms. The van der Waals surface area contributed by atoms with Gasteiger partial charge in [-0.1, -0.05) is 58.4 Å². The SMILES string of the molecule is O=C1C(Cc2ccco2)Nc2c(Cc3ccccc3)nc(-c3ccc(Br)cc3)c[n+]21. The maximum absolute atomic E-state index is 13.2. The van der Waals surface area contributed by atoms with E-state index < -0.39 is 0 Å². The number of fused-ring (bicyclic) bond motifs is 1. The third-order valence-corrected chi connectivity index (χ3v) is 5.74. The summed E-state index contributed by atoms with van der Waals surface area (Å²) in [4.78, 5) is 18.1. The van der Waals surface area contributed by atoms with Gasteiger partial charge in [-0.2, -0.15) is 4.57 Å². The first-order valence-corrected chi connectivity index (χ1v) is 10.6. The minimum absolute atomic E-state index is 0.00327. The Labute approximate surface area is 182 Å². The number of halogens is 1. The monoisotopic (exact) mass is 460 g/mol. The van der Waals surface area contributed by atoms with Crippen molar-refractivity contribution in [1.82, 2.24) is 4.98 Å². The van der Waals surface area contributed by atoms with Crippen LogP contribution in [0.2, 0.25) is 0 Å². The predicted octanol–water partition coefficient (Wildman–Crippen LogP) is 4.66. The summed E-state index contributed by atoms with van der Waals surface area (Å²) in [6.07, 6.45) is 4.58. The summed E-state index contributed by atoms with van der Waals surface area (Å²) in [7, 11) is 0. The number of rotatable bonds is 5. The van der Waals surface area contributed by atoms with E-state index in [0.717, 1.165) is 38.6 Å². The Morgan fingerprint density at radius 3 is 2.57 bits per heavy atom.